The molecule has 0 bridgehead atoms. The van der Waals surface area contributed by atoms with Crippen molar-refractivity contribution in [2.24, 2.45) is 0 Å². The summed E-state index contributed by atoms with van der Waals surface area (Å²) < 4.78 is 13.5. The second-order valence-corrected chi connectivity index (χ2v) is 4.84. The standard InChI is InChI=1S/C16H18FNO/c1-10-7-8-13(16(19)9-10)12(3)18-15-6-4-5-14(17)11(15)2/h4-9,12,18-19H,1-3H3. The molecule has 0 saturated heterocycles. The fourth-order valence-electron chi connectivity index (χ4n) is 2.09. The summed E-state index contributed by atoms with van der Waals surface area (Å²) in [6, 6.07) is 10.4. The first-order valence-electron chi connectivity index (χ1n) is 6.30. The Hall–Kier alpha value is -2.03. The number of nitrogens with one attached hydrogen (secondary N) is 1. The van der Waals surface area contributed by atoms with Gasteiger partial charge in [-0.25, -0.2) is 4.39 Å². The van der Waals surface area contributed by atoms with Crippen LogP contribution < -0.4 is 5.32 Å². The van der Waals surface area contributed by atoms with Crippen molar-refractivity contribution < 1.29 is 9.50 Å². The number of benzene rings is 2. The minimum Gasteiger partial charge on any atom is -0.508 e. The fraction of sp³-hybridized carbons (Fsp3) is 0.250. The molecule has 19 heavy (non-hydrogen) atoms. The van der Waals surface area contributed by atoms with Gasteiger partial charge < -0.3 is 10.4 Å². The Morgan fingerprint density at radius 3 is 2.58 bits per heavy atom. The van der Waals surface area contributed by atoms with E-state index in [0.717, 1.165) is 16.8 Å². The smallest absolute Gasteiger partial charge is 0.128 e. The van der Waals surface area contributed by atoms with Crippen molar-refractivity contribution >= 4 is 5.69 Å². The first-order valence-corrected chi connectivity index (χ1v) is 6.30. The molecule has 2 rings (SSSR count). The molecule has 0 saturated carbocycles. The lowest BCUT2D eigenvalue weighted by Gasteiger charge is -2.19. The molecule has 0 spiro atoms. The largest absolute Gasteiger partial charge is 0.508 e. The van der Waals surface area contributed by atoms with Gasteiger partial charge in [0.2, 0.25) is 0 Å². The van der Waals surface area contributed by atoms with Crippen LogP contribution in [0.1, 0.15) is 29.7 Å². The third-order valence-electron chi connectivity index (χ3n) is 3.29. The molecular formula is C16H18FNO. The van der Waals surface area contributed by atoms with E-state index < -0.39 is 0 Å². The molecule has 2 aromatic rings. The molecule has 0 aliphatic rings. The quantitative estimate of drug-likeness (QED) is 0.860. The van der Waals surface area contributed by atoms with Gasteiger partial charge in [0, 0.05) is 16.8 Å². The van der Waals surface area contributed by atoms with E-state index in [4.69, 9.17) is 0 Å². The number of halogens is 1. The molecule has 0 amide bonds. The zero-order valence-electron chi connectivity index (χ0n) is 11.4. The predicted octanol–water partition coefficient (Wildman–Crippen LogP) is 4.32. The molecule has 0 aliphatic carbocycles. The molecule has 2 N–H and O–H groups in total. The highest BCUT2D eigenvalue weighted by molar-refractivity contribution is 5.53. The van der Waals surface area contributed by atoms with Gasteiger partial charge in [-0.1, -0.05) is 18.2 Å². The van der Waals surface area contributed by atoms with Crippen molar-refractivity contribution in [3.05, 3.63) is 58.9 Å². The lowest BCUT2D eigenvalue weighted by atomic mass is 10.0. The minimum absolute atomic E-state index is 0.0962. The normalized spacial score (nSPS) is 12.2. The van der Waals surface area contributed by atoms with Crippen molar-refractivity contribution in [1.82, 2.24) is 0 Å². The number of rotatable bonds is 3. The lowest BCUT2D eigenvalue weighted by molar-refractivity contribution is 0.465. The summed E-state index contributed by atoms with van der Waals surface area (Å²) in [5.41, 5.74) is 3.14. The van der Waals surface area contributed by atoms with E-state index in [2.05, 4.69) is 5.32 Å². The van der Waals surface area contributed by atoms with E-state index in [1.807, 2.05) is 32.0 Å². The average Bonchev–Trinajstić information content (AvgIpc) is 2.34. The molecule has 0 radical (unpaired) electrons. The van der Waals surface area contributed by atoms with Crippen LogP contribution in [0.5, 0.6) is 5.75 Å². The Morgan fingerprint density at radius 1 is 1.16 bits per heavy atom. The second-order valence-electron chi connectivity index (χ2n) is 4.84. The molecular weight excluding hydrogens is 241 g/mol. The number of hydrogen-bond acceptors (Lipinski definition) is 2. The third kappa shape index (κ3) is 2.87. The summed E-state index contributed by atoms with van der Waals surface area (Å²) in [6.07, 6.45) is 0. The molecule has 0 heterocycles. The third-order valence-corrected chi connectivity index (χ3v) is 3.29. The van der Waals surface area contributed by atoms with Crippen LogP contribution in [0, 0.1) is 19.7 Å². The first-order chi connectivity index (χ1) is 8.99. The minimum atomic E-state index is -0.231. The molecule has 2 nitrogen and oxygen atoms in total. The van der Waals surface area contributed by atoms with Crippen LogP contribution >= 0.6 is 0 Å². The van der Waals surface area contributed by atoms with E-state index >= 15 is 0 Å². The fourth-order valence-corrected chi connectivity index (χ4v) is 2.09. The molecule has 0 fully saturated rings. The van der Waals surface area contributed by atoms with Gasteiger partial charge in [0.15, 0.2) is 0 Å². The summed E-state index contributed by atoms with van der Waals surface area (Å²) in [5.74, 6) is 0.0272. The van der Waals surface area contributed by atoms with Crippen LogP contribution in [0.2, 0.25) is 0 Å². The predicted molar refractivity (Wildman–Crippen MR) is 76.0 cm³/mol. The van der Waals surface area contributed by atoms with E-state index in [9.17, 15) is 9.50 Å². The summed E-state index contributed by atoms with van der Waals surface area (Å²) in [4.78, 5) is 0. The highest BCUT2D eigenvalue weighted by atomic mass is 19.1. The number of hydrogen-bond donors (Lipinski definition) is 2. The molecule has 2 aromatic carbocycles. The van der Waals surface area contributed by atoms with Gasteiger partial charge in [-0.3, -0.25) is 0 Å². The van der Waals surface area contributed by atoms with Gasteiger partial charge in [0.05, 0.1) is 6.04 Å². The average molecular weight is 259 g/mol. The summed E-state index contributed by atoms with van der Waals surface area (Å²) in [5, 5.41) is 13.2. The molecule has 3 heteroatoms. The number of phenols is 1. The highest BCUT2D eigenvalue weighted by Gasteiger charge is 2.12. The Morgan fingerprint density at radius 2 is 1.89 bits per heavy atom. The number of anilines is 1. The van der Waals surface area contributed by atoms with Crippen molar-refractivity contribution in [3.8, 4) is 5.75 Å². The maximum absolute atomic E-state index is 13.5. The molecule has 0 aromatic heterocycles. The lowest BCUT2D eigenvalue weighted by Crippen LogP contribution is -2.08. The van der Waals surface area contributed by atoms with Crippen LogP contribution in [-0.4, -0.2) is 5.11 Å². The van der Waals surface area contributed by atoms with E-state index in [1.54, 1.807) is 19.1 Å². The first kappa shape index (κ1) is 13.4. The van der Waals surface area contributed by atoms with Crippen molar-refractivity contribution in [2.75, 3.05) is 5.32 Å². The van der Waals surface area contributed by atoms with E-state index in [0.29, 0.717) is 5.56 Å². The zero-order valence-corrected chi connectivity index (χ0v) is 11.4. The Labute approximate surface area is 112 Å². The van der Waals surface area contributed by atoms with E-state index in [1.165, 1.54) is 6.07 Å². The summed E-state index contributed by atoms with van der Waals surface area (Å²) >= 11 is 0. The topological polar surface area (TPSA) is 32.3 Å². The Kier molecular flexibility index (Phi) is 3.74. The number of aryl methyl sites for hydroxylation is 1. The SMILES string of the molecule is Cc1ccc(C(C)Nc2cccc(F)c2C)c(O)c1. The van der Waals surface area contributed by atoms with Gasteiger partial charge in [0.25, 0.3) is 0 Å². The van der Waals surface area contributed by atoms with Gasteiger partial charge in [-0.05, 0) is 44.5 Å². The zero-order chi connectivity index (χ0) is 14.0. The van der Waals surface area contributed by atoms with Gasteiger partial charge in [0.1, 0.15) is 11.6 Å². The highest BCUT2D eigenvalue weighted by Crippen LogP contribution is 2.29. The summed E-state index contributed by atoms with van der Waals surface area (Å²) in [6.45, 7) is 5.60. The maximum atomic E-state index is 13.5. The monoisotopic (exact) mass is 259 g/mol. The van der Waals surface area contributed by atoms with Gasteiger partial charge in [-0.2, -0.15) is 0 Å². The van der Waals surface area contributed by atoms with Gasteiger partial charge in [-0.15, -0.1) is 0 Å². The second kappa shape index (κ2) is 5.31. The summed E-state index contributed by atoms with van der Waals surface area (Å²) in [7, 11) is 0. The Bertz CT molecular complexity index is 595. The number of aromatic hydroxyl groups is 1. The van der Waals surface area contributed by atoms with Crippen LogP contribution in [0.4, 0.5) is 10.1 Å². The molecule has 1 unspecified atom stereocenters. The number of phenolic OH excluding ortho intramolecular Hbond substituents is 1. The van der Waals surface area contributed by atoms with Crippen LogP contribution in [0.25, 0.3) is 0 Å². The van der Waals surface area contributed by atoms with Crippen LogP contribution in [0.15, 0.2) is 36.4 Å². The molecule has 0 aliphatic heterocycles. The maximum Gasteiger partial charge on any atom is 0.128 e. The molecule has 100 valence electrons. The van der Waals surface area contributed by atoms with Gasteiger partial charge >= 0.3 is 0 Å². The molecule has 1 atom stereocenters. The Balaban J connectivity index is 2.25. The van der Waals surface area contributed by atoms with Crippen molar-refractivity contribution in [2.45, 2.75) is 26.8 Å². The van der Waals surface area contributed by atoms with E-state index in [-0.39, 0.29) is 17.6 Å². The van der Waals surface area contributed by atoms with Crippen LogP contribution in [0.3, 0.4) is 0 Å². The van der Waals surface area contributed by atoms with Crippen molar-refractivity contribution in [3.63, 3.8) is 0 Å². The van der Waals surface area contributed by atoms with Crippen molar-refractivity contribution in [1.29, 1.82) is 0 Å². The van der Waals surface area contributed by atoms with Crippen LogP contribution in [-0.2, 0) is 0 Å².